The molecule has 8 heteroatoms. The number of amides is 1. The molecule has 0 aliphatic heterocycles. The van der Waals surface area contributed by atoms with Crippen molar-refractivity contribution in [3.05, 3.63) is 58.0 Å². The lowest BCUT2D eigenvalue weighted by atomic mass is 10.2. The summed E-state index contributed by atoms with van der Waals surface area (Å²) in [5, 5.41) is -0.140. The first-order chi connectivity index (χ1) is 11.6. The molecule has 0 unspecified atom stereocenters. The molecular weight excluding hydrogens is 367 g/mol. The van der Waals surface area contributed by atoms with Crippen LogP contribution < -0.4 is 5.73 Å². The minimum absolute atomic E-state index is 0.0221. The van der Waals surface area contributed by atoms with E-state index in [1.807, 2.05) is 6.07 Å². The zero-order valence-corrected chi connectivity index (χ0v) is 14.9. The third-order valence-electron chi connectivity index (χ3n) is 3.81. The lowest BCUT2D eigenvalue weighted by molar-refractivity contribution is 0.0993. The number of nitrogens with two attached hydrogens (primary N) is 1. The van der Waals surface area contributed by atoms with Crippen molar-refractivity contribution in [3.63, 3.8) is 0 Å². The van der Waals surface area contributed by atoms with Crippen molar-refractivity contribution < 1.29 is 17.6 Å². The van der Waals surface area contributed by atoms with E-state index in [1.54, 1.807) is 13.8 Å². The van der Waals surface area contributed by atoms with Gasteiger partial charge in [-0.05, 0) is 49.2 Å². The summed E-state index contributed by atoms with van der Waals surface area (Å²) in [7, 11) is -4.09. The van der Waals surface area contributed by atoms with Crippen LogP contribution in [-0.4, -0.2) is 19.3 Å². The molecule has 0 fully saturated rings. The fourth-order valence-corrected chi connectivity index (χ4v) is 4.78. The Balaban J connectivity index is 2.42. The molecule has 0 spiro atoms. The topological polar surface area (TPSA) is 93.0 Å². The van der Waals surface area contributed by atoms with Gasteiger partial charge in [-0.2, -0.15) is 0 Å². The van der Waals surface area contributed by atoms with Crippen LogP contribution in [0.4, 0.5) is 4.39 Å². The van der Waals surface area contributed by atoms with E-state index in [1.165, 1.54) is 18.2 Å². The predicted octanol–water partition coefficient (Wildman–Crippen LogP) is 3.51. The van der Waals surface area contributed by atoms with Gasteiger partial charge in [-0.3, -0.25) is 4.79 Å². The summed E-state index contributed by atoms with van der Waals surface area (Å²) in [5.74, 6) is -1.70. The fraction of sp³-hybridized carbons (Fsp3) is 0.118. The van der Waals surface area contributed by atoms with Crippen molar-refractivity contribution in [2.24, 2.45) is 5.73 Å². The average molecular weight is 381 g/mol. The average Bonchev–Trinajstić information content (AvgIpc) is 2.86. The molecule has 1 aromatic heterocycles. The number of hydrogen-bond donors (Lipinski definition) is 2. The van der Waals surface area contributed by atoms with Gasteiger partial charge in [0.05, 0.1) is 15.4 Å². The highest BCUT2D eigenvalue weighted by Gasteiger charge is 2.29. The number of hydrogen-bond acceptors (Lipinski definition) is 3. The van der Waals surface area contributed by atoms with Gasteiger partial charge in [-0.1, -0.05) is 17.7 Å². The van der Waals surface area contributed by atoms with Crippen LogP contribution in [0.1, 0.15) is 21.6 Å². The van der Waals surface area contributed by atoms with Crippen LogP contribution in [0.5, 0.6) is 0 Å². The molecule has 3 N–H and O–H groups in total. The highest BCUT2D eigenvalue weighted by Crippen LogP contribution is 2.34. The number of aryl methyl sites for hydroxylation is 2. The first-order valence-corrected chi connectivity index (χ1v) is 9.11. The maximum atomic E-state index is 13.7. The number of H-pyrrole nitrogens is 1. The first kappa shape index (κ1) is 17.4. The van der Waals surface area contributed by atoms with Gasteiger partial charge in [-0.15, -0.1) is 0 Å². The second-order valence-corrected chi connectivity index (χ2v) is 8.13. The van der Waals surface area contributed by atoms with Gasteiger partial charge in [0.15, 0.2) is 0 Å². The smallest absolute Gasteiger partial charge is 0.266 e. The second kappa shape index (κ2) is 5.86. The number of aromatic nitrogens is 1. The normalized spacial score (nSPS) is 11.8. The first-order valence-electron chi connectivity index (χ1n) is 7.25. The molecule has 2 aromatic carbocycles. The van der Waals surface area contributed by atoms with Gasteiger partial charge in [-0.25, -0.2) is 12.8 Å². The number of carbonyl (C=O) groups is 1. The zero-order valence-electron chi connectivity index (χ0n) is 13.4. The highest BCUT2D eigenvalue weighted by molar-refractivity contribution is 7.91. The molecule has 25 heavy (non-hydrogen) atoms. The van der Waals surface area contributed by atoms with Crippen molar-refractivity contribution in [3.8, 4) is 0 Å². The molecule has 0 aliphatic carbocycles. The summed E-state index contributed by atoms with van der Waals surface area (Å²) in [4.78, 5) is 14.1. The van der Waals surface area contributed by atoms with Crippen molar-refractivity contribution in [2.45, 2.75) is 23.6 Å². The van der Waals surface area contributed by atoms with Crippen molar-refractivity contribution in [1.82, 2.24) is 4.98 Å². The second-order valence-electron chi connectivity index (χ2n) is 5.83. The van der Waals surface area contributed by atoms with Crippen molar-refractivity contribution in [2.75, 3.05) is 0 Å². The highest BCUT2D eigenvalue weighted by atomic mass is 35.5. The monoisotopic (exact) mass is 380 g/mol. The Hall–Kier alpha value is -2.38. The number of primary amides is 1. The van der Waals surface area contributed by atoms with Gasteiger partial charge < -0.3 is 10.7 Å². The van der Waals surface area contributed by atoms with Crippen LogP contribution >= 0.6 is 11.6 Å². The molecule has 3 aromatic rings. The summed E-state index contributed by atoms with van der Waals surface area (Å²) < 4.78 is 40.0. The summed E-state index contributed by atoms with van der Waals surface area (Å²) in [5.41, 5.74) is 6.65. The molecule has 1 amide bonds. The number of fused-ring (bicyclic) bond motifs is 1. The van der Waals surface area contributed by atoms with E-state index in [2.05, 4.69) is 4.98 Å². The number of halogens is 2. The molecule has 0 saturated carbocycles. The molecule has 0 atom stereocenters. The Morgan fingerprint density at radius 1 is 1.12 bits per heavy atom. The maximum absolute atomic E-state index is 13.7. The number of benzene rings is 2. The Morgan fingerprint density at radius 2 is 1.72 bits per heavy atom. The van der Waals surface area contributed by atoms with E-state index in [0.29, 0.717) is 0 Å². The Labute approximate surface area is 148 Å². The Bertz CT molecular complexity index is 1120. The van der Waals surface area contributed by atoms with E-state index in [4.69, 9.17) is 17.3 Å². The van der Waals surface area contributed by atoms with E-state index in [0.717, 1.165) is 17.2 Å². The van der Waals surface area contributed by atoms with Gasteiger partial charge >= 0.3 is 0 Å². The third-order valence-corrected chi connectivity index (χ3v) is 5.92. The maximum Gasteiger partial charge on any atom is 0.266 e. The molecule has 3 rings (SSSR count). The molecule has 0 aliphatic rings. The number of nitrogens with one attached hydrogen (secondary N) is 1. The molecule has 0 saturated heterocycles. The SMILES string of the molecule is Cc1cc(C)cc(S(=O)(=O)c2c(C(N)=O)[nH]c3cc(F)c(Cl)cc23)c1. The summed E-state index contributed by atoms with van der Waals surface area (Å²) >= 11 is 5.80. The van der Waals surface area contributed by atoms with E-state index in [-0.39, 0.29) is 31.4 Å². The number of rotatable bonds is 3. The van der Waals surface area contributed by atoms with Gasteiger partial charge in [0, 0.05) is 5.39 Å². The lowest BCUT2D eigenvalue weighted by Crippen LogP contribution is -2.16. The van der Waals surface area contributed by atoms with E-state index < -0.39 is 21.6 Å². The molecule has 1 heterocycles. The van der Waals surface area contributed by atoms with Crippen LogP contribution in [0.25, 0.3) is 10.9 Å². The Morgan fingerprint density at radius 3 is 2.28 bits per heavy atom. The quantitative estimate of drug-likeness (QED) is 0.728. The number of carbonyl (C=O) groups excluding carboxylic acids is 1. The van der Waals surface area contributed by atoms with Gasteiger partial charge in [0.1, 0.15) is 16.4 Å². The van der Waals surface area contributed by atoms with Crippen LogP contribution in [0.15, 0.2) is 40.1 Å². The van der Waals surface area contributed by atoms with Crippen LogP contribution in [0, 0.1) is 19.7 Å². The largest absolute Gasteiger partial charge is 0.364 e. The summed E-state index contributed by atoms with van der Waals surface area (Å²) in [6.07, 6.45) is 0. The molecule has 0 radical (unpaired) electrons. The van der Waals surface area contributed by atoms with Gasteiger partial charge in [0.25, 0.3) is 5.91 Å². The van der Waals surface area contributed by atoms with Gasteiger partial charge in [0.2, 0.25) is 9.84 Å². The minimum atomic E-state index is -4.09. The molecular formula is C17H14ClFN2O3S. The van der Waals surface area contributed by atoms with E-state index >= 15 is 0 Å². The lowest BCUT2D eigenvalue weighted by Gasteiger charge is -2.08. The van der Waals surface area contributed by atoms with Crippen molar-refractivity contribution >= 4 is 38.2 Å². The number of sulfone groups is 1. The fourth-order valence-electron chi connectivity index (χ4n) is 2.82. The summed E-state index contributed by atoms with van der Waals surface area (Å²) in [6.45, 7) is 3.53. The van der Waals surface area contributed by atoms with Crippen molar-refractivity contribution in [1.29, 1.82) is 0 Å². The third kappa shape index (κ3) is 2.89. The van der Waals surface area contributed by atoms with Crippen LogP contribution in [0.3, 0.4) is 0 Å². The molecule has 5 nitrogen and oxygen atoms in total. The summed E-state index contributed by atoms with van der Waals surface area (Å²) in [6, 6.07) is 7.03. The number of aromatic amines is 1. The zero-order chi connectivity index (χ0) is 18.5. The van der Waals surface area contributed by atoms with E-state index in [9.17, 15) is 17.6 Å². The molecule has 130 valence electrons. The van der Waals surface area contributed by atoms with Crippen LogP contribution in [-0.2, 0) is 9.84 Å². The standard InChI is InChI=1S/C17H14ClFN2O3S/c1-8-3-9(2)5-10(4-8)25(23,24)16-11-6-12(18)13(19)7-14(11)21-15(16)17(20)22/h3-7,21H,1-2H3,(H2,20,22). The Kier molecular flexibility index (Phi) is 4.09. The molecule has 0 bridgehead atoms. The minimum Gasteiger partial charge on any atom is -0.364 e. The predicted molar refractivity (Wildman–Crippen MR) is 93.2 cm³/mol. The van der Waals surface area contributed by atoms with Crippen LogP contribution in [0.2, 0.25) is 5.02 Å².